The summed E-state index contributed by atoms with van der Waals surface area (Å²) in [4.78, 5) is 17.8. The number of halogens is 1. The Kier molecular flexibility index (Phi) is 8.49. The van der Waals surface area contributed by atoms with Crippen molar-refractivity contribution >= 4 is 17.5 Å². The molecule has 3 aromatic rings. The number of hydrogen-bond acceptors (Lipinski definition) is 5. The topological polar surface area (TPSA) is 96.6 Å². The number of ether oxygens (including phenoxy) is 1. The van der Waals surface area contributed by atoms with Gasteiger partial charge in [0.15, 0.2) is 5.72 Å². The summed E-state index contributed by atoms with van der Waals surface area (Å²) in [5, 5.41) is 23.9. The molecule has 0 fully saturated rings. The van der Waals surface area contributed by atoms with Crippen molar-refractivity contribution in [2.45, 2.75) is 64.7 Å². The molecule has 0 spiro atoms. The van der Waals surface area contributed by atoms with Gasteiger partial charge in [-0.2, -0.15) is 0 Å². The first-order valence-corrected chi connectivity index (χ1v) is 12.5. The summed E-state index contributed by atoms with van der Waals surface area (Å²) in [6.45, 7) is 10.0. The van der Waals surface area contributed by atoms with Crippen molar-refractivity contribution in [3.8, 4) is 17.0 Å². The zero-order valence-electron chi connectivity index (χ0n) is 21.8. The van der Waals surface area contributed by atoms with Crippen molar-refractivity contribution < 1.29 is 19.7 Å². The van der Waals surface area contributed by atoms with Crippen molar-refractivity contribution in [1.29, 1.82) is 0 Å². The number of amides is 1. The van der Waals surface area contributed by atoms with Crippen LogP contribution in [0, 0.1) is 0 Å². The van der Waals surface area contributed by atoms with E-state index in [9.17, 15) is 15.0 Å². The molecule has 1 aromatic heterocycles. The Balaban J connectivity index is 1.86. The summed E-state index contributed by atoms with van der Waals surface area (Å²) in [5.41, 5.74) is 0.746. The van der Waals surface area contributed by atoms with Gasteiger partial charge in [0.05, 0.1) is 16.8 Å². The Hall–Kier alpha value is -2.87. The lowest BCUT2D eigenvalue weighted by atomic mass is 9.95. The van der Waals surface area contributed by atoms with Gasteiger partial charge in [0.1, 0.15) is 11.6 Å². The lowest BCUT2D eigenvalue weighted by Gasteiger charge is -2.30. The van der Waals surface area contributed by atoms with Crippen LogP contribution in [0.3, 0.4) is 0 Å². The Morgan fingerprint density at radius 2 is 1.83 bits per heavy atom. The van der Waals surface area contributed by atoms with Crippen LogP contribution in [0.25, 0.3) is 11.3 Å². The molecule has 7 nitrogen and oxygen atoms in total. The predicted molar refractivity (Wildman–Crippen MR) is 142 cm³/mol. The third-order valence-corrected chi connectivity index (χ3v) is 6.07. The molecule has 3 rings (SSSR count). The van der Waals surface area contributed by atoms with E-state index >= 15 is 0 Å². The smallest absolute Gasteiger partial charge is 0.253 e. The fraction of sp³-hybridized carbons (Fsp3) is 0.429. The highest BCUT2D eigenvalue weighted by Crippen LogP contribution is 2.30. The molecule has 1 amide bonds. The first-order chi connectivity index (χ1) is 16.8. The molecular weight excluding hydrogens is 478 g/mol. The normalized spacial score (nSPS) is 13.5. The zero-order valence-corrected chi connectivity index (χ0v) is 22.6. The second-order valence-electron chi connectivity index (χ2n) is 10.3. The summed E-state index contributed by atoms with van der Waals surface area (Å²) < 4.78 is 7.65. The number of aryl methyl sites for hydroxylation is 1. The number of aromatic nitrogens is 2. The average molecular weight is 514 g/mol. The van der Waals surface area contributed by atoms with Gasteiger partial charge in [-0.3, -0.25) is 4.79 Å². The second-order valence-corrected chi connectivity index (χ2v) is 10.7. The van der Waals surface area contributed by atoms with E-state index in [0.717, 1.165) is 17.1 Å². The highest BCUT2D eigenvalue weighted by Gasteiger charge is 2.31. The third kappa shape index (κ3) is 6.46. The number of carbonyl (C=O) groups is 1. The fourth-order valence-corrected chi connectivity index (χ4v) is 4.31. The molecule has 8 heteroatoms. The van der Waals surface area contributed by atoms with Gasteiger partial charge in [-0.15, -0.1) is 0 Å². The van der Waals surface area contributed by atoms with Gasteiger partial charge in [-0.25, -0.2) is 4.98 Å². The highest BCUT2D eigenvalue weighted by atomic mass is 35.5. The quantitative estimate of drug-likeness (QED) is 0.343. The van der Waals surface area contributed by atoms with Crippen LogP contribution in [0.2, 0.25) is 5.02 Å². The van der Waals surface area contributed by atoms with Gasteiger partial charge in [0.25, 0.3) is 5.91 Å². The van der Waals surface area contributed by atoms with E-state index in [-0.39, 0.29) is 24.5 Å². The molecule has 2 aromatic carbocycles. The minimum Gasteiger partial charge on any atom is -0.489 e. The molecule has 1 heterocycles. The van der Waals surface area contributed by atoms with Gasteiger partial charge in [-0.05, 0) is 38.5 Å². The predicted octanol–water partition coefficient (Wildman–Crippen LogP) is 5.17. The fourth-order valence-electron chi connectivity index (χ4n) is 4.08. The summed E-state index contributed by atoms with van der Waals surface area (Å²) in [7, 11) is 1.97. The average Bonchev–Trinajstić information content (AvgIpc) is 3.21. The van der Waals surface area contributed by atoms with E-state index in [1.807, 2.05) is 43.8 Å². The summed E-state index contributed by atoms with van der Waals surface area (Å²) in [5.74, 6) is 0.965. The summed E-state index contributed by atoms with van der Waals surface area (Å²) in [6, 6.07) is 12.0. The van der Waals surface area contributed by atoms with Crippen LogP contribution in [-0.4, -0.2) is 38.4 Å². The van der Waals surface area contributed by atoms with E-state index in [2.05, 4.69) is 26.1 Å². The monoisotopic (exact) mass is 513 g/mol. The van der Waals surface area contributed by atoms with Crippen LogP contribution in [0.4, 0.5) is 0 Å². The molecule has 0 radical (unpaired) electrons. The number of nitrogens with zero attached hydrogens (tertiary/aromatic N) is 2. The van der Waals surface area contributed by atoms with Gasteiger partial charge >= 0.3 is 0 Å². The number of rotatable bonds is 9. The minimum absolute atomic E-state index is 0.0557. The number of carbonyl (C=O) groups excluding carboxylic acids is 1. The molecule has 0 aliphatic heterocycles. The number of aliphatic hydroxyl groups excluding tert-OH is 1. The lowest BCUT2D eigenvalue weighted by Crippen LogP contribution is -2.46. The Morgan fingerprint density at radius 1 is 1.17 bits per heavy atom. The highest BCUT2D eigenvalue weighted by molar-refractivity contribution is 6.32. The zero-order chi connectivity index (χ0) is 26.7. The molecule has 0 aliphatic carbocycles. The molecule has 194 valence electrons. The van der Waals surface area contributed by atoms with Crippen LogP contribution in [0.5, 0.6) is 5.75 Å². The summed E-state index contributed by atoms with van der Waals surface area (Å²) in [6.07, 6.45) is 2.36. The van der Waals surface area contributed by atoms with Gasteiger partial charge in [0.2, 0.25) is 0 Å². The van der Waals surface area contributed by atoms with Gasteiger partial charge in [0, 0.05) is 48.4 Å². The van der Waals surface area contributed by atoms with E-state index < -0.39 is 11.6 Å². The van der Waals surface area contributed by atoms with Crippen molar-refractivity contribution in [1.82, 2.24) is 14.9 Å². The molecule has 1 unspecified atom stereocenters. The lowest BCUT2D eigenvalue weighted by molar-refractivity contribution is -0.00887. The Morgan fingerprint density at radius 3 is 2.36 bits per heavy atom. The maximum Gasteiger partial charge on any atom is 0.253 e. The maximum absolute atomic E-state index is 13.1. The number of imidazole rings is 1. The third-order valence-electron chi connectivity index (χ3n) is 5.78. The van der Waals surface area contributed by atoms with Crippen molar-refractivity contribution in [3.05, 3.63) is 70.6 Å². The van der Waals surface area contributed by atoms with Gasteiger partial charge in [-0.1, -0.05) is 56.6 Å². The van der Waals surface area contributed by atoms with Crippen LogP contribution >= 0.6 is 11.6 Å². The summed E-state index contributed by atoms with van der Waals surface area (Å²) >= 11 is 6.30. The van der Waals surface area contributed by atoms with Crippen molar-refractivity contribution in [3.63, 3.8) is 0 Å². The standard InChI is InChI=1S/C28H36ClN3O4/c1-18(2)36-24-13-10-20(16-22(24)29)25(34)31-28(35,14-7-15-33)21-11-8-19(9-12-21)23-17-32(6)26(30-23)27(3,4)5/h8-13,16-18,33,35H,7,14-15H2,1-6H3,(H,31,34). The molecule has 0 saturated heterocycles. The molecule has 3 N–H and O–H groups in total. The van der Waals surface area contributed by atoms with E-state index in [1.54, 1.807) is 24.3 Å². The van der Waals surface area contributed by atoms with E-state index in [4.69, 9.17) is 21.3 Å². The van der Waals surface area contributed by atoms with Gasteiger partial charge < -0.3 is 24.8 Å². The molecular formula is C28H36ClN3O4. The Labute approximate surface area is 218 Å². The number of benzene rings is 2. The van der Waals surface area contributed by atoms with Crippen LogP contribution < -0.4 is 10.1 Å². The second kappa shape index (κ2) is 11.0. The van der Waals surface area contributed by atoms with Crippen LogP contribution in [0.15, 0.2) is 48.7 Å². The molecule has 36 heavy (non-hydrogen) atoms. The Bertz CT molecular complexity index is 1200. The van der Waals surface area contributed by atoms with Crippen LogP contribution in [-0.2, 0) is 18.2 Å². The van der Waals surface area contributed by atoms with Crippen molar-refractivity contribution in [2.75, 3.05) is 6.61 Å². The largest absolute Gasteiger partial charge is 0.489 e. The molecule has 0 saturated carbocycles. The van der Waals surface area contributed by atoms with Crippen molar-refractivity contribution in [2.24, 2.45) is 7.05 Å². The SMILES string of the molecule is CC(C)Oc1ccc(C(=O)NC(O)(CCCO)c2ccc(-c3cn(C)c(C(C)(C)C)n3)cc2)cc1Cl. The first-order valence-electron chi connectivity index (χ1n) is 12.1. The van der Waals surface area contributed by atoms with E-state index in [0.29, 0.717) is 28.3 Å². The maximum atomic E-state index is 13.1. The molecule has 0 aliphatic rings. The van der Waals surface area contributed by atoms with E-state index in [1.165, 1.54) is 6.07 Å². The number of aliphatic hydroxyl groups is 2. The minimum atomic E-state index is -1.68. The first kappa shape index (κ1) is 27.7. The van der Waals surface area contributed by atoms with Crippen LogP contribution in [0.1, 0.15) is 69.2 Å². The number of hydrogen-bond donors (Lipinski definition) is 3. The number of nitrogens with one attached hydrogen (secondary N) is 1. The molecule has 1 atom stereocenters. The molecule has 0 bridgehead atoms.